The number of nitrogens with two attached hydrogens (primary N) is 1. The van der Waals surface area contributed by atoms with E-state index in [1.165, 1.54) is 0 Å². The van der Waals surface area contributed by atoms with E-state index in [9.17, 15) is 4.79 Å². The van der Waals surface area contributed by atoms with Crippen LogP contribution in [0.3, 0.4) is 0 Å². The second kappa shape index (κ2) is 9.58. The molecule has 114 valence electrons. The zero-order valence-corrected chi connectivity index (χ0v) is 13.2. The molecule has 0 aromatic carbocycles. The Morgan fingerprint density at radius 2 is 2.11 bits per heavy atom. The van der Waals surface area contributed by atoms with Crippen LogP contribution in [-0.2, 0) is 14.3 Å². The molecule has 0 fully saturated rings. The molecule has 3 N–H and O–H groups in total. The number of thioether (sulfide) groups is 1. The third-order valence-electron chi connectivity index (χ3n) is 2.94. The molecule has 0 aliphatic rings. The van der Waals surface area contributed by atoms with Gasteiger partial charge >= 0.3 is 5.97 Å². The monoisotopic (exact) mass is 293 g/mol. The number of carboxylic acids is 1. The van der Waals surface area contributed by atoms with Crippen LogP contribution in [0.2, 0.25) is 0 Å². The van der Waals surface area contributed by atoms with Crippen LogP contribution in [0.1, 0.15) is 33.6 Å². The van der Waals surface area contributed by atoms with Crippen LogP contribution >= 0.6 is 11.8 Å². The maximum absolute atomic E-state index is 10.5. The largest absolute Gasteiger partial charge is 0.480 e. The fraction of sp³-hybridized carbons (Fsp3) is 0.923. The minimum atomic E-state index is -0.946. The summed E-state index contributed by atoms with van der Waals surface area (Å²) in [5.74, 6) is 0.354. The van der Waals surface area contributed by atoms with Crippen LogP contribution in [0.15, 0.2) is 0 Å². The molecule has 0 bridgehead atoms. The topological polar surface area (TPSA) is 81.8 Å². The van der Waals surface area contributed by atoms with Gasteiger partial charge in [0, 0.05) is 19.5 Å². The van der Waals surface area contributed by atoms with Crippen LogP contribution in [-0.4, -0.2) is 54.0 Å². The molecule has 0 amide bonds. The molecule has 0 rings (SSSR count). The fourth-order valence-electron chi connectivity index (χ4n) is 1.22. The first-order valence-electron chi connectivity index (χ1n) is 6.51. The molecule has 0 saturated heterocycles. The van der Waals surface area contributed by atoms with E-state index >= 15 is 0 Å². The second-order valence-corrected chi connectivity index (χ2v) is 6.35. The van der Waals surface area contributed by atoms with E-state index in [-0.39, 0.29) is 11.7 Å². The molecular formula is C13H27NO4S. The summed E-state index contributed by atoms with van der Waals surface area (Å²) < 4.78 is 11.0. The predicted molar refractivity (Wildman–Crippen MR) is 78.7 cm³/mol. The van der Waals surface area contributed by atoms with E-state index in [1.807, 2.05) is 20.8 Å². The first-order valence-corrected chi connectivity index (χ1v) is 7.67. The molecule has 6 heteroatoms. The molecular weight excluding hydrogens is 266 g/mol. The normalized spacial score (nSPS) is 15.2. The van der Waals surface area contributed by atoms with E-state index in [0.717, 1.165) is 18.6 Å². The Hall–Kier alpha value is -0.300. The van der Waals surface area contributed by atoms with Crippen molar-refractivity contribution in [3.8, 4) is 0 Å². The van der Waals surface area contributed by atoms with Gasteiger partial charge in [0.15, 0.2) is 0 Å². The zero-order chi connectivity index (χ0) is 14.9. The zero-order valence-electron chi connectivity index (χ0n) is 12.3. The number of hydrogen-bond acceptors (Lipinski definition) is 5. The quantitative estimate of drug-likeness (QED) is 0.565. The summed E-state index contributed by atoms with van der Waals surface area (Å²) in [6.07, 6.45) is 1.91. The molecule has 0 aromatic heterocycles. The van der Waals surface area contributed by atoms with Gasteiger partial charge in [-0.2, -0.15) is 11.8 Å². The van der Waals surface area contributed by atoms with Crippen LogP contribution in [0.5, 0.6) is 0 Å². The lowest BCUT2D eigenvalue weighted by Gasteiger charge is -2.23. The molecule has 5 nitrogen and oxygen atoms in total. The van der Waals surface area contributed by atoms with Gasteiger partial charge < -0.3 is 20.3 Å². The first kappa shape index (κ1) is 18.7. The molecule has 0 spiro atoms. The molecule has 19 heavy (non-hydrogen) atoms. The number of hydrogen-bond donors (Lipinski definition) is 2. The van der Waals surface area contributed by atoms with Crippen molar-refractivity contribution in [2.24, 2.45) is 5.73 Å². The van der Waals surface area contributed by atoms with Crippen LogP contribution in [0.4, 0.5) is 0 Å². The van der Waals surface area contributed by atoms with Gasteiger partial charge in [-0.15, -0.1) is 0 Å². The summed E-state index contributed by atoms with van der Waals surface area (Å²) in [5, 5.41) is 8.63. The van der Waals surface area contributed by atoms with Crippen molar-refractivity contribution in [3.05, 3.63) is 0 Å². The van der Waals surface area contributed by atoms with Gasteiger partial charge in [-0.25, -0.2) is 0 Å². The van der Waals surface area contributed by atoms with Crippen molar-refractivity contribution in [1.29, 1.82) is 0 Å². The average Bonchev–Trinajstić information content (AvgIpc) is 2.34. The highest BCUT2D eigenvalue weighted by Crippen LogP contribution is 2.14. The van der Waals surface area contributed by atoms with Crippen molar-refractivity contribution in [2.75, 3.05) is 25.2 Å². The van der Waals surface area contributed by atoms with E-state index in [0.29, 0.717) is 12.4 Å². The highest BCUT2D eigenvalue weighted by Gasteiger charge is 2.16. The molecule has 0 saturated carbocycles. The Kier molecular flexibility index (Phi) is 9.43. The molecule has 0 aromatic rings. The third kappa shape index (κ3) is 10.2. The van der Waals surface area contributed by atoms with Crippen molar-refractivity contribution < 1.29 is 19.4 Å². The minimum absolute atomic E-state index is 0.150. The fourth-order valence-corrected chi connectivity index (χ4v) is 2.28. The van der Waals surface area contributed by atoms with Crippen molar-refractivity contribution in [3.63, 3.8) is 0 Å². The van der Waals surface area contributed by atoms with Crippen LogP contribution < -0.4 is 5.73 Å². The van der Waals surface area contributed by atoms with Gasteiger partial charge in [0.2, 0.25) is 0 Å². The van der Waals surface area contributed by atoms with Gasteiger partial charge in [-0.3, -0.25) is 4.79 Å². The molecule has 2 unspecified atom stereocenters. The smallest absolute Gasteiger partial charge is 0.321 e. The Morgan fingerprint density at radius 1 is 1.47 bits per heavy atom. The third-order valence-corrected chi connectivity index (χ3v) is 4.06. The average molecular weight is 293 g/mol. The Labute approximate surface area is 120 Å². The molecule has 0 aliphatic carbocycles. The molecule has 0 radical (unpaired) electrons. The number of carbonyl (C=O) groups is 1. The van der Waals surface area contributed by atoms with Gasteiger partial charge in [-0.1, -0.05) is 0 Å². The molecule has 2 atom stereocenters. The molecule has 0 aliphatic heterocycles. The Balaban J connectivity index is 3.55. The summed E-state index contributed by atoms with van der Waals surface area (Å²) in [5.41, 5.74) is 5.26. The summed E-state index contributed by atoms with van der Waals surface area (Å²) in [6.45, 7) is 6.76. The summed E-state index contributed by atoms with van der Waals surface area (Å²) in [7, 11) is 1.70. The van der Waals surface area contributed by atoms with Crippen molar-refractivity contribution >= 4 is 17.7 Å². The number of rotatable bonds is 11. The van der Waals surface area contributed by atoms with E-state index in [4.69, 9.17) is 20.3 Å². The van der Waals surface area contributed by atoms with Crippen molar-refractivity contribution in [1.82, 2.24) is 0 Å². The summed E-state index contributed by atoms with van der Waals surface area (Å²) in [6, 6.07) is -0.774. The molecule has 0 heterocycles. The van der Waals surface area contributed by atoms with Gasteiger partial charge in [0.05, 0.1) is 11.7 Å². The van der Waals surface area contributed by atoms with E-state index in [1.54, 1.807) is 18.9 Å². The lowest BCUT2D eigenvalue weighted by Crippen LogP contribution is -2.32. The van der Waals surface area contributed by atoms with Gasteiger partial charge in [-0.05, 0) is 39.4 Å². The minimum Gasteiger partial charge on any atom is -0.480 e. The van der Waals surface area contributed by atoms with E-state index < -0.39 is 12.0 Å². The van der Waals surface area contributed by atoms with E-state index in [2.05, 4.69) is 0 Å². The Bertz CT molecular complexity index is 261. The lowest BCUT2D eigenvalue weighted by atomic mass is 10.1. The summed E-state index contributed by atoms with van der Waals surface area (Å²) >= 11 is 1.55. The maximum atomic E-state index is 10.5. The number of aliphatic carboxylic acids is 1. The number of methoxy groups -OCH3 is 1. The highest BCUT2D eigenvalue weighted by molar-refractivity contribution is 7.99. The van der Waals surface area contributed by atoms with Crippen LogP contribution in [0.25, 0.3) is 0 Å². The number of ether oxygens (including phenoxy) is 2. The number of carboxylic acid groups (broad SMARTS) is 1. The van der Waals surface area contributed by atoms with Crippen LogP contribution in [0, 0.1) is 0 Å². The first-order chi connectivity index (χ1) is 8.78. The second-order valence-electron chi connectivity index (χ2n) is 5.20. The lowest BCUT2D eigenvalue weighted by molar-refractivity contribution is -0.137. The standard InChI is InChI=1S/C13H27NO4S/c1-10(18-7-6-13(2,3)17-4)5-8-19-9-11(14)12(15)16/h10-11H,5-9,14H2,1-4H3,(H,15,16). The maximum Gasteiger partial charge on any atom is 0.321 e. The van der Waals surface area contributed by atoms with Gasteiger partial charge in [0.1, 0.15) is 6.04 Å². The highest BCUT2D eigenvalue weighted by atomic mass is 32.2. The predicted octanol–water partition coefficient (Wildman–Crippen LogP) is 1.74. The Morgan fingerprint density at radius 3 is 2.63 bits per heavy atom. The van der Waals surface area contributed by atoms with Crippen molar-refractivity contribution in [2.45, 2.75) is 51.4 Å². The SMILES string of the molecule is COC(C)(C)CCOC(C)CCSCC(N)C(=O)O. The van der Waals surface area contributed by atoms with Gasteiger partial charge in [0.25, 0.3) is 0 Å². The summed E-state index contributed by atoms with van der Waals surface area (Å²) in [4.78, 5) is 10.5.